The molecule has 0 radical (unpaired) electrons. The van der Waals surface area contributed by atoms with Gasteiger partial charge in [0.1, 0.15) is 0 Å². The van der Waals surface area contributed by atoms with E-state index in [-0.39, 0.29) is 0 Å². The van der Waals surface area contributed by atoms with Crippen LogP contribution >= 0.6 is 0 Å². The number of hydrogen-bond acceptors (Lipinski definition) is 2. The average molecular weight is 260 g/mol. The van der Waals surface area contributed by atoms with Gasteiger partial charge in [0.05, 0.1) is 0 Å². The zero-order chi connectivity index (χ0) is 13.7. The lowest BCUT2D eigenvalue weighted by atomic mass is 10.2. The quantitative estimate of drug-likeness (QED) is 0.646. The van der Waals surface area contributed by atoms with E-state index in [9.17, 15) is 0 Å². The molecule has 0 amide bonds. The fourth-order valence-corrected chi connectivity index (χ4v) is 2.20. The van der Waals surface area contributed by atoms with Gasteiger partial charge in [-0.3, -0.25) is 4.99 Å². The minimum atomic E-state index is 0.489. The van der Waals surface area contributed by atoms with Crippen LogP contribution in [-0.4, -0.2) is 25.6 Å². The molecule has 19 heavy (non-hydrogen) atoms. The first-order valence-electron chi connectivity index (χ1n) is 7.07. The van der Waals surface area contributed by atoms with Gasteiger partial charge < -0.3 is 16.0 Å². The van der Waals surface area contributed by atoms with Crippen molar-refractivity contribution >= 4 is 17.3 Å². The summed E-state index contributed by atoms with van der Waals surface area (Å²) in [7, 11) is 0. The molecule has 0 saturated carbocycles. The van der Waals surface area contributed by atoms with Crippen molar-refractivity contribution in [3.05, 3.63) is 24.3 Å². The molecular weight excluding hydrogens is 236 g/mol. The van der Waals surface area contributed by atoms with Gasteiger partial charge in [-0.2, -0.15) is 0 Å². The molecule has 0 bridgehead atoms. The Kier molecular flexibility index (Phi) is 4.66. The summed E-state index contributed by atoms with van der Waals surface area (Å²) in [6.45, 7) is 7.35. The Labute approximate surface area is 115 Å². The lowest BCUT2D eigenvalue weighted by molar-refractivity contribution is 0.665. The molecular formula is C15H24N4. The lowest BCUT2D eigenvalue weighted by Crippen LogP contribution is -2.23. The van der Waals surface area contributed by atoms with Gasteiger partial charge in [-0.25, -0.2) is 0 Å². The standard InChI is InChI=1S/C15H24N4/c1-12(2)11-17-15(16)18-13-5-7-14(8-6-13)19-9-3-4-10-19/h5-8,12H,3-4,9-11H2,1-2H3,(H3,16,17,18). The number of guanidine groups is 1. The van der Waals surface area contributed by atoms with Crippen molar-refractivity contribution < 1.29 is 0 Å². The SMILES string of the molecule is CC(C)CN=C(N)Nc1ccc(N2CCCC2)cc1. The maximum Gasteiger partial charge on any atom is 0.193 e. The van der Waals surface area contributed by atoms with Crippen LogP contribution in [0.1, 0.15) is 26.7 Å². The second kappa shape index (κ2) is 6.45. The normalized spacial score (nSPS) is 16.2. The summed E-state index contributed by atoms with van der Waals surface area (Å²) in [6.07, 6.45) is 2.60. The highest BCUT2D eigenvalue weighted by atomic mass is 15.1. The van der Waals surface area contributed by atoms with Gasteiger partial charge in [-0.1, -0.05) is 13.8 Å². The number of nitrogens with one attached hydrogen (secondary N) is 1. The Balaban J connectivity index is 1.92. The van der Waals surface area contributed by atoms with Crippen LogP contribution in [0.5, 0.6) is 0 Å². The molecule has 3 N–H and O–H groups in total. The fraction of sp³-hybridized carbons (Fsp3) is 0.533. The molecule has 0 atom stereocenters. The van der Waals surface area contributed by atoms with Crippen LogP contribution in [0.3, 0.4) is 0 Å². The zero-order valence-electron chi connectivity index (χ0n) is 11.9. The number of nitrogens with two attached hydrogens (primary N) is 1. The van der Waals surface area contributed by atoms with Gasteiger partial charge in [0.15, 0.2) is 5.96 Å². The molecule has 0 aliphatic carbocycles. The summed E-state index contributed by atoms with van der Waals surface area (Å²) in [5, 5.41) is 3.12. The van der Waals surface area contributed by atoms with Gasteiger partial charge in [0, 0.05) is 31.0 Å². The molecule has 1 aromatic rings. The summed E-state index contributed by atoms with van der Waals surface area (Å²) in [6, 6.07) is 8.41. The topological polar surface area (TPSA) is 53.6 Å². The van der Waals surface area contributed by atoms with Crippen molar-refractivity contribution in [1.29, 1.82) is 0 Å². The second-order valence-electron chi connectivity index (χ2n) is 5.49. The summed E-state index contributed by atoms with van der Waals surface area (Å²) in [5.41, 5.74) is 8.13. The molecule has 104 valence electrons. The minimum Gasteiger partial charge on any atom is -0.372 e. The number of nitrogens with zero attached hydrogens (tertiary/aromatic N) is 2. The monoisotopic (exact) mass is 260 g/mol. The number of hydrogen-bond donors (Lipinski definition) is 2. The number of rotatable bonds is 4. The third-order valence-electron chi connectivity index (χ3n) is 3.24. The number of benzene rings is 1. The van der Waals surface area contributed by atoms with E-state index in [0.717, 1.165) is 12.2 Å². The maximum atomic E-state index is 5.84. The summed E-state index contributed by atoms with van der Waals surface area (Å²) in [5.74, 6) is 1.01. The van der Waals surface area contributed by atoms with Crippen molar-refractivity contribution in [2.75, 3.05) is 29.9 Å². The van der Waals surface area contributed by atoms with E-state index >= 15 is 0 Å². The first-order chi connectivity index (χ1) is 9.15. The molecule has 1 heterocycles. The zero-order valence-corrected chi connectivity index (χ0v) is 11.9. The van der Waals surface area contributed by atoms with Crippen LogP contribution in [0.4, 0.5) is 11.4 Å². The third kappa shape index (κ3) is 4.16. The number of anilines is 2. The molecule has 4 heteroatoms. The molecule has 0 unspecified atom stereocenters. The fourth-order valence-electron chi connectivity index (χ4n) is 2.20. The molecule has 1 aliphatic heterocycles. The van der Waals surface area contributed by atoms with Crippen molar-refractivity contribution in [3.8, 4) is 0 Å². The average Bonchev–Trinajstić information content (AvgIpc) is 2.91. The molecule has 0 aromatic heterocycles. The smallest absolute Gasteiger partial charge is 0.193 e. The van der Waals surface area contributed by atoms with E-state index in [4.69, 9.17) is 5.73 Å². The Morgan fingerprint density at radius 3 is 2.47 bits per heavy atom. The van der Waals surface area contributed by atoms with Gasteiger partial charge in [0.2, 0.25) is 0 Å². The number of aliphatic imine (C=N–C) groups is 1. The maximum absolute atomic E-state index is 5.84. The van der Waals surface area contributed by atoms with Crippen LogP contribution in [0.15, 0.2) is 29.3 Å². The Morgan fingerprint density at radius 2 is 1.89 bits per heavy atom. The van der Waals surface area contributed by atoms with Gasteiger partial charge >= 0.3 is 0 Å². The van der Waals surface area contributed by atoms with Crippen molar-refractivity contribution in [1.82, 2.24) is 0 Å². The highest BCUT2D eigenvalue weighted by molar-refractivity contribution is 5.92. The molecule has 1 fully saturated rings. The first kappa shape index (κ1) is 13.7. The van der Waals surface area contributed by atoms with Gasteiger partial charge in [-0.05, 0) is 43.0 Å². The Bertz CT molecular complexity index is 416. The van der Waals surface area contributed by atoms with E-state index in [1.807, 2.05) is 0 Å². The van der Waals surface area contributed by atoms with Crippen molar-refractivity contribution in [2.45, 2.75) is 26.7 Å². The second-order valence-corrected chi connectivity index (χ2v) is 5.49. The molecule has 1 saturated heterocycles. The van der Waals surface area contributed by atoms with Crippen molar-refractivity contribution in [2.24, 2.45) is 16.6 Å². The highest BCUT2D eigenvalue weighted by Gasteiger charge is 2.11. The van der Waals surface area contributed by atoms with E-state index in [1.165, 1.54) is 31.6 Å². The molecule has 1 aliphatic rings. The predicted octanol–water partition coefficient (Wildman–Crippen LogP) is 2.67. The Hall–Kier alpha value is -1.71. The van der Waals surface area contributed by atoms with E-state index in [2.05, 4.69) is 53.3 Å². The Morgan fingerprint density at radius 1 is 1.26 bits per heavy atom. The molecule has 1 aromatic carbocycles. The van der Waals surface area contributed by atoms with Gasteiger partial charge in [0.25, 0.3) is 0 Å². The van der Waals surface area contributed by atoms with Crippen molar-refractivity contribution in [3.63, 3.8) is 0 Å². The summed E-state index contributed by atoms with van der Waals surface area (Å²) >= 11 is 0. The largest absolute Gasteiger partial charge is 0.372 e. The van der Waals surface area contributed by atoms with Crippen LogP contribution < -0.4 is 16.0 Å². The van der Waals surface area contributed by atoms with Crippen LogP contribution in [0, 0.1) is 5.92 Å². The lowest BCUT2D eigenvalue weighted by Gasteiger charge is -2.17. The van der Waals surface area contributed by atoms with Gasteiger partial charge in [-0.15, -0.1) is 0 Å². The van der Waals surface area contributed by atoms with Crippen LogP contribution in [0.2, 0.25) is 0 Å². The van der Waals surface area contributed by atoms with E-state index in [0.29, 0.717) is 11.9 Å². The summed E-state index contributed by atoms with van der Waals surface area (Å²) < 4.78 is 0. The predicted molar refractivity (Wildman–Crippen MR) is 82.8 cm³/mol. The first-order valence-corrected chi connectivity index (χ1v) is 7.07. The van der Waals surface area contributed by atoms with Crippen LogP contribution in [0.25, 0.3) is 0 Å². The minimum absolute atomic E-state index is 0.489. The van der Waals surface area contributed by atoms with E-state index in [1.54, 1.807) is 0 Å². The molecule has 2 rings (SSSR count). The third-order valence-corrected chi connectivity index (χ3v) is 3.24. The van der Waals surface area contributed by atoms with E-state index < -0.39 is 0 Å². The molecule has 0 spiro atoms. The van der Waals surface area contributed by atoms with Crippen LogP contribution in [-0.2, 0) is 0 Å². The molecule has 4 nitrogen and oxygen atoms in total. The highest BCUT2D eigenvalue weighted by Crippen LogP contribution is 2.21. The summed E-state index contributed by atoms with van der Waals surface area (Å²) in [4.78, 5) is 6.71.